The predicted octanol–water partition coefficient (Wildman–Crippen LogP) is 4.27. The van der Waals surface area contributed by atoms with E-state index in [1.165, 1.54) is 18.2 Å². The van der Waals surface area contributed by atoms with Gasteiger partial charge in [-0.15, -0.1) is 0 Å². The highest BCUT2D eigenvalue weighted by atomic mass is 35.5. The summed E-state index contributed by atoms with van der Waals surface area (Å²) in [7, 11) is 0. The number of fused-ring (bicyclic) bond motifs is 1. The van der Waals surface area contributed by atoms with Gasteiger partial charge in [0.05, 0.1) is 27.4 Å². The summed E-state index contributed by atoms with van der Waals surface area (Å²) < 4.78 is 5.05. The van der Waals surface area contributed by atoms with Gasteiger partial charge in [-0.2, -0.15) is 0 Å². The molecule has 0 saturated carbocycles. The molecule has 0 bridgehead atoms. The van der Waals surface area contributed by atoms with Crippen LogP contribution in [0.4, 0.5) is 5.69 Å². The lowest BCUT2D eigenvalue weighted by Crippen LogP contribution is -2.29. The Labute approximate surface area is 198 Å². The van der Waals surface area contributed by atoms with Crippen molar-refractivity contribution < 1.29 is 23.9 Å². The monoisotopic (exact) mass is 482 g/mol. The minimum absolute atomic E-state index is 0.0430. The number of ether oxygens (including phenoxy) is 1. The largest absolute Gasteiger partial charge is 0.452 e. The van der Waals surface area contributed by atoms with Gasteiger partial charge in [0.25, 0.3) is 17.7 Å². The van der Waals surface area contributed by atoms with Gasteiger partial charge in [-0.25, -0.2) is 9.69 Å². The van der Waals surface area contributed by atoms with Crippen LogP contribution in [0, 0.1) is 0 Å². The Balaban J connectivity index is 1.40. The zero-order chi connectivity index (χ0) is 23.5. The molecular weight excluding hydrogens is 467 g/mol. The summed E-state index contributed by atoms with van der Waals surface area (Å²) in [4.78, 5) is 51.0. The van der Waals surface area contributed by atoms with E-state index in [4.69, 9.17) is 27.9 Å². The SMILES string of the molecule is O=C(COC(=O)c1ccc2c(c1)C(=O)N(c1ccccc1Cl)C2=O)NCc1ccc(Cl)cc1. The van der Waals surface area contributed by atoms with Crippen LogP contribution in [0.3, 0.4) is 0 Å². The maximum atomic E-state index is 12.9. The van der Waals surface area contributed by atoms with Crippen molar-refractivity contribution in [3.63, 3.8) is 0 Å². The molecule has 0 spiro atoms. The molecule has 1 aliphatic heterocycles. The molecule has 0 fully saturated rings. The molecule has 0 atom stereocenters. The molecular formula is C24H16Cl2N2O5. The summed E-state index contributed by atoms with van der Waals surface area (Å²) in [5.74, 6) is -2.42. The van der Waals surface area contributed by atoms with Crippen LogP contribution in [0.25, 0.3) is 0 Å². The van der Waals surface area contributed by atoms with Crippen LogP contribution < -0.4 is 10.2 Å². The van der Waals surface area contributed by atoms with E-state index < -0.39 is 30.3 Å². The summed E-state index contributed by atoms with van der Waals surface area (Å²) in [6.07, 6.45) is 0. The Bertz CT molecular complexity index is 1270. The molecule has 1 heterocycles. The van der Waals surface area contributed by atoms with E-state index >= 15 is 0 Å². The molecule has 9 heteroatoms. The normalized spacial score (nSPS) is 12.5. The van der Waals surface area contributed by atoms with E-state index in [2.05, 4.69) is 5.32 Å². The number of carbonyl (C=O) groups is 4. The van der Waals surface area contributed by atoms with Crippen LogP contribution in [0.5, 0.6) is 0 Å². The summed E-state index contributed by atoms with van der Waals surface area (Å²) in [6, 6.07) is 17.4. The number of imide groups is 1. The van der Waals surface area contributed by atoms with E-state index in [-0.39, 0.29) is 33.9 Å². The number of hydrogen-bond acceptors (Lipinski definition) is 5. The first-order valence-corrected chi connectivity index (χ1v) is 10.6. The first kappa shape index (κ1) is 22.5. The highest BCUT2D eigenvalue weighted by molar-refractivity contribution is 6.39. The van der Waals surface area contributed by atoms with Gasteiger partial charge in [-0.05, 0) is 48.0 Å². The maximum Gasteiger partial charge on any atom is 0.338 e. The first-order chi connectivity index (χ1) is 15.8. The van der Waals surface area contributed by atoms with Crippen LogP contribution in [-0.2, 0) is 16.1 Å². The molecule has 4 rings (SSSR count). The number of anilines is 1. The van der Waals surface area contributed by atoms with Gasteiger partial charge in [-0.1, -0.05) is 47.5 Å². The van der Waals surface area contributed by atoms with Gasteiger partial charge in [0, 0.05) is 11.6 Å². The van der Waals surface area contributed by atoms with Crippen LogP contribution in [-0.4, -0.2) is 30.3 Å². The van der Waals surface area contributed by atoms with Crippen molar-refractivity contribution in [2.24, 2.45) is 0 Å². The van der Waals surface area contributed by atoms with Crippen molar-refractivity contribution in [1.82, 2.24) is 5.32 Å². The number of carbonyl (C=O) groups excluding carboxylic acids is 4. The predicted molar refractivity (Wildman–Crippen MR) is 123 cm³/mol. The van der Waals surface area contributed by atoms with Crippen molar-refractivity contribution in [3.8, 4) is 0 Å². The van der Waals surface area contributed by atoms with Crippen molar-refractivity contribution >= 4 is 52.6 Å². The fraction of sp³-hybridized carbons (Fsp3) is 0.0833. The van der Waals surface area contributed by atoms with E-state index in [1.807, 2.05) is 0 Å². The molecule has 0 aliphatic carbocycles. The summed E-state index contributed by atoms with van der Waals surface area (Å²) in [6.45, 7) is -0.247. The van der Waals surface area contributed by atoms with Crippen molar-refractivity contribution in [1.29, 1.82) is 0 Å². The molecule has 0 aromatic heterocycles. The lowest BCUT2D eigenvalue weighted by molar-refractivity contribution is -0.124. The second-order valence-corrected chi connectivity index (χ2v) is 7.98. The number of rotatable bonds is 6. The number of amides is 3. The Morgan fingerprint density at radius 3 is 2.30 bits per heavy atom. The highest BCUT2D eigenvalue weighted by Crippen LogP contribution is 2.33. The third-order valence-corrected chi connectivity index (χ3v) is 5.52. The van der Waals surface area contributed by atoms with E-state index in [1.54, 1.807) is 48.5 Å². The summed E-state index contributed by atoms with van der Waals surface area (Å²) in [5, 5.41) is 3.46. The van der Waals surface area contributed by atoms with E-state index in [0.717, 1.165) is 10.5 Å². The molecule has 33 heavy (non-hydrogen) atoms. The van der Waals surface area contributed by atoms with Crippen LogP contribution in [0.2, 0.25) is 10.0 Å². The average Bonchev–Trinajstić information content (AvgIpc) is 3.07. The highest BCUT2D eigenvalue weighted by Gasteiger charge is 2.38. The molecule has 3 aromatic rings. The second kappa shape index (κ2) is 9.44. The lowest BCUT2D eigenvalue weighted by atomic mass is 10.1. The smallest absolute Gasteiger partial charge is 0.338 e. The van der Waals surface area contributed by atoms with Gasteiger partial charge < -0.3 is 10.1 Å². The molecule has 0 saturated heterocycles. The van der Waals surface area contributed by atoms with Gasteiger partial charge in [0.2, 0.25) is 0 Å². The fourth-order valence-electron chi connectivity index (χ4n) is 3.29. The summed E-state index contributed by atoms with van der Waals surface area (Å²) in [5.41, 5.74) is 1.34. The quantitative estimate of drug-likeness (QED) is 0.418. The molecule has 1 aliphatic rings. The Morgan fingerprint density at radius 2 is 1.58 bits per heavy atom. The number of benzene rings is 3. The van der Waals surface area contributed by atoms with Gasteiger partial charge in [0.1, 0.15) is 0 Å². The Hall–Kier alpha value is -3.68. The fourth-order valence-corrected chi connectivity index (χ4v) is 3.63. The number of nitrogens with zero attached hydrogens (tertiary/aromatic N) is 1. The number of esters is 1. The number of para-hydroxylation sites is 1. The standard InChI is InChI=1S/C24H16Cl2N2O5/c25-16-8-5-14(6-9-16)12-27-21(29)13-33-24(32)15-7-10-17-18(11-15)23(31)28(22(17)30)20-4-2-1-3-19(20)26/h1-11H,12-13H2,(H,27,29). The molecule has 3 aromatic carbocycles. The van der Waals surface area contributed by atoms with Crippen molar-refractivity contribution in [2.45, 2.75) is 6.54 Å². The number of halogens is 2. The zero-order valence-corrected chi connectivity index (χ0v) is 18.5. The molecule has 3 amide bonds. The molecule has 7 nitrogen and oxygen atoms in total. The number of hydrogen-bond donors (Lipinski definition) is 1. The number of nitrogens with one attached hydrogen (secondary N) is 1. The summed E-state index contributed by atoms with van der Waals surface area (Å²) >= 11 is 12.0. The molecule has 166 valence electrons. The second-order valence-electron chi connectivity index (χ2n) is 7.14. The molecule has 1 N–H and O–H groups in total. The van der Waals surface area contributed by atoms with E-state index in [9.17, 15) is 19.2 Å². The lowest BCUT2D eigenvalue weighted by Gasteiger charge is -2.15. The van der Waals surface area contributed by atoms with Gasteiger partial charge >= 0.3 is 5.97 Å². The van der Waals surface area contributed by atoms with Gasteiger partial charge in [-0.3, -0.25) is 14.4 Å². The Morgan fingerprint density at radius 1 is 0.879 bits per heavy atom. The maximum absolute atomic E-state index is 12.9. The van der Waals surface area contributed by atoms with Crippen molar-refractivity contribution in [3.05, 3.63) is 99.0 Å². The van der Waals surface area contributed by atoms with Crippen LogP contribution in [0.15, 0.2) is 66.7 Å². The van der Waals surface area contributed by atoms with Crippen molar-refractivity contribution in [2.75, 3.05) is 11.5 Å². The Kier molecular flexibility index (Phi) is 6.44. The van der Waals surface area contributed by atoms with Crippen LogP contribution >= 0.6 is 23.2 Å². The minimum Gasteiger partial charge on any atom is -0.452 e. The average molecular weight is 483 g/mol. The third-order valence-electron chi connectivity index (χ3n) is 4.95. The molecule has 0 unspecified atom stereocenters. The minimum atomic E-state index is -0.795. The topological polar surface area (TPSA) is 92.8 Å². The van der Waals surface area contributed by atoms with E-state index in [0.29, 0.717) is 5.02 Å². The zero-order valence-electron chi connectivity index (χ0n) is 17.0. The molecule has 0 radical (unpaired) electrons. The third kappa shape index (κ3) is 4.74. The van der Waals surface area contributed by atoms with Crippen LogP contribution in [0.1, 0.15) is 36.6 Å². The van der Waals surface area contributed by atoms with Gasteiger partial charge in [0.15, 0.2) is 6.61 Å². The first-order valence-electron chi connectivity index (χ1n) is 9.81.